The lowest BCUT2D eigenvalue weighted by molar-refractivity contribution is -0.138. The Labute approximate surface area is 154 Å². The Balaban J connectivity index is 2.20. The second kappa shape index (κ2) is 5.57. The van der Waals surface area contributed by atoms with Crippen molar-refractivity contribution in [1.29, 1.82) is 5.26 Å². The van der Waals surface area contributed by atoms with Gasteiger partial charge in [-0.3, -0.25) is 4.79 Å². The lowest BCUT2D eigenvalue weighted by atomic mass is 9.45. The SMILES string of the molecule is COC(=O)C1=C(O)C(C)(C)[C@@H]2CC[C@@]3(C)C=C(C#N)C(=O)C=C3[C@@]2(C)C1. The van der Waals surface area contributed by atoms with Crippen molar-refractivity contribution >= 4 is 11.8 Å². The van der Waals surface area contributed by atoms with E-state index in [1.807, 2.05) is 26.8 Å². The monoisotopic (exact) mass is 355 g/mol. The van der Waals surface area contributed by atoms with Crippen LogP contribution in [0.2, 0.25) is 0 Å². The van der Waals surface area contributed by atoms with Gasteiger partial charge in [-0.2, -0.15) is 5.26 Å². The lowest BCUT2D eigenvalue weighted by Crippen LogP contribution is -2.52. The summed E-state index contributed by atoms with van der Waals surface area (Å²) in [5.41, 5.74) is -0.0643. The standard InChI is InChI=1S/C21H25NO4/c1-19(2)15-6-7-20(3)9-12(11-22)14(23)8-16(20)21(15,4)10-13(17(19)24)18(25)26-5/h8-9,15,24H,6-7,10H2,1-5H3/t15-,20-,21-/m0/s1. The number of aliphatic hydroxyl groups excluding tert-OH is 1. The van der Waals surface area contributed by atoms with Crippen molar-refractivity contribution in [3.63, 3.8) is 0 Å². The van der Waals surface area contributed by atoms with E-state index in [0.29, 0.717) is 6.42 Å². The number of rotatable bonds is 1. The smallest absolute Gasteiger partial charge is 0.337 e. The van der Waals surface area contributed by atoms with E-state index in [2.05, 4.69) is 6.92 Å². The van der Waals surface area contributed by atoms with E-state index in [9.17, 15) is 20.0 Å². The van der Waals surface area contributed by atoms with Crippen LogP contribution in [0.4, 0.5) is 0 Å². The van der Waals surface area contributed by atoms with Crippen LogP contribution >= 0.6 is 0 Å². The Kier molecular flexibility index (Phi) is 3.95. The summed E-state index contributed by atoms with van der Waals surface area (Å²) in [7, 11) is 1.31. The molecule has 0 heterocycles. The highest BCUT2D eigenvalue weighted by Crippen LogP contribution is 2.65. The van der Waals surface area contributed by atoms with Crippen LogP contribution in [0.3, 0.4) is 0 Å². The van der Waals surface area contributed by atoms with Gasteiger partial charge in [0, 0.05) is 10.8 Å². The molecule has 1 saturated carbocycles. The first kappa shape index (κ1) is 18.4. The number of carbonyl (C=O) groups is 2. The van der Waals surface area contributed by atoms with Crippen LogP contribution in [-0.2, 0) is 14.3 Å². The summed E-state index contributed by atoms with van der Waals surface area (Å²) >= 11 is 0. The summed E-state index contributed by atoms with van der Waals surface area (Å²) in [6.45, 7) is 8.00. The number of fused-ring (bicyclic) bond motifs is 3. The fourth-order valence-electron chi connectivity index (χ4n) is 5.58. The van der Waals surface area contributed by atoms with Crippen molar-refractivity contribution in [1.82, 2.24) is 0 Å². The van der Waals surface area contributed by atoms with E-state index in [1.165, 1.54) is 7.11 Å². The number of hydrogen-bond acceptors (Lipinski definition) is 5. The van der Waals surface area contributed by atoms with Crippen LogP contribution < -0.4 is 0 Å². The number of methoxy groups -OCH3 is 1. The van der Waals surface area contributed by atoms with E-state index in [-0.39, 0.29) is 28.6 Å². The molecule has 0 aliphatic heterocycles. The lowest BCUT2D eigenvalue weighted by Gasteiger charge is -2.58. The first-order valence-corrected chi connectivity index (χ1v) is 8.92. The van der Waals surface area contributed by atoms with Gasteiger partial charge in [-0.05, 0) is 42.2 Å². The topological polar surface area (TPSA) is 87.4 Å². The van der Waals surface area contributed by atoms with Crippen molar-refractivity contribution < 1.29 is 19.4 Å². The van der Waals surface area contributed by atoms with Gasteiger partial charge < -0.3 is 9.84 Å². The third kappa shape index (κ3) is 2.28. The summed E-state index contributed by atoms with van der Waals surface area (Å²) in [6.07, 6.45) is 5.33. The molecule has 5 heteroatoms. The minimum absolute atomic E-state index is 0.0765. The molecule has 0 amide bonds. The third-order valence-corrected chi connectivity index (χ3v) is 6.82. The molecule has 0 spiro atoms. The van der Waals surface area contributed by atoms with Gasteiger partial charge in [0.2, 0.25) is 0 Å². The highest BCUT2D eigenvalue weighted by atomic mass is 16.5. The van der Waals surface area contributed by atoms with Crippen LogP contribution in [0.15, 0.2) is 34.6 Å². The zero-order valence-electron chi connectivity index (χ0n) is 16.0. The van der Waals surface area contributed by atoms with Crippen LogP contribution in [0, 0.1) is 33.5 Å². The zero-order valence-corrected chi connectivity index (χ0v) is 16.0. The van der Waals surface area contributed by atoms with E-state index in [0.717, 1.165) is 18.4 Å². The van der Waals surface area contributed by atoms with Crippen molar-refractivity contribution in [3.05, 3.63) is 34.6 Å². The van der Waals surface area contributed by atoms with Gasteiger partial charge in [0.1, 0.15) is 11.8 Å². The molecule has 0 aromatic heterocycles. The minimum atomic E-state index is -0.610. The van der Waals surface area contributed by atoms with Crippen molar-refractivity contribution in [3.8, 4) is 6.07 Å². The van der Waals surface area contributed by atoms with Gasteiger partial charge in [0.25, 0.3) is 0 Å². The molecule has 3 aliphatic carbocycles. The average molecular weight is 355 g/mol. The Morgan fingerprint density at radius 3 is 2.58 bits per heavy atom. The minimum Gasteiger partial charge on any atom is -0.511 e. The maximum atomic E-state index is 12.4. The highest BCUT2D eigenvalue weighted by Gasteiger charge is 2.59. The van der Waals surface area contributed by atoms with Crippen LogP contribution in [0.5, 0.6) is 0 Å². The number of allylic oxidation sites excluding steroid dienone is 5. The van der Waals surface area contributed by atoms with Gasteiger partial charge in [0.05, 0.1) is 18.3 Å². The Morgan fingerprint density at radius 1 is 1.35 bits per heavy atom. The maximum absolute atomic E-state index is 12.4. The molecule has 138 valence electrons. The molecule has 0 aromatic carbocycles. The largest absolute Gasteiger partial charge is 0.511 e. The predicted molar refractivity (Wildman–Crippen MR) is 95.8 cm³/mol. The van der Waals surface area contributed by atoms with Gasteiger partial charge in [-0.25, -0.2) is 4.79 Å². The molecular formula is C21H25NO4. The summed E-state index contributed by atoms with van der Waals surface area (Å²) in [5.74, 6) is -0.643. The molecule has 0 aromatic rings. The molecule has 3 atom stereocenters. The van der Waals surface area contributed by atoms with Crippen molar-refractivity contribution in [2.24, 2.45) is 22.2 Å². The molecule has 1 fully saturated rings. The molecule has 0 saturated heterocycles. The highest BCUT2D eigenvalue weighted by molar-refractivity contribution is 6.09. The maximum Gasteiger partial charge on any atom is 0.337 e. The quantitative estimate of drug-likeness (QED) is 0.723. The van der Waals surface area contributed by atoms with E-state index >= 15 is 0 Å². The van der Waals surface area contributed by atoms with Crippen LogP contribution in [0.25, 0.3) is 0 Å². The van der Waals surface area contributed by atoms with E-state index in [1.54, 1.807) is 12.2 Å². The number of nitrogens with zero attached hydrogens (tertiary/aromatic N) is 1. The zero-order chi connectivity index (χ0) is 19.5. The Hall–Kier alpha value is -2.35. The van der Waals surface area contributed by atoms with E-state index < -0.39 is 22.2 Å². The van der Waals surface area contributed by atoms with E-state index in [4.69, 9.17) is 4.74 Å². The molecule has 0 bridgehead atoms. The molecule has 1 N–H and O–H groups in total. The molecule has 0 radical (unpaired) electrons. The summed E-state index contributed by atoms with van der Waals surface area (Å²) in [5, 5.41) is 20.0. The number of aliphatic hydroxyl groups is 1. The van der Waals surface area contributed by atoms with Crippen LogP contribution in [0.1, 0.15) is 47.0 Å². The Morgan fingerprint density at radius 2 is 2.00 bits per heavy atom. The second-order valence-electron chi connectivity index (χ2n) is 8.74. The first-order valence-electron chi connectivity index (χ1n) is 8.92. The number of nitriles is 1. The molecule has 3 rings (SSSR count). The number of ketones is 1. The molecule has 3 aliphatic rings. The summed E-state index contributed by atoms with van der Waals surface area (Å²) < 4.78 is 4.90. The number of carbonyl (C=O) groups excluding carboxylic acids is 2. The van der Waals surface area contributed by atoms with Gasteiger partial charge in [-0.1, -0.05) is 33.8 Å². The molecule has 26 heavy (non-hydrogen) atoms. The summed E-state index contributed by atoms with van der Waals surface area (Å²) in [4.78, 5) is 24.7. The predicted octanol–water partition coefficient (Wildman–Crippen LogP) is 3.78. The van der Waals surface area contributed by atoms with Crippen molar-refractivity contribution in [2.45, 2.75) is 47.0 Å². The molecular weight excluding hydrogens is 330 g/mol. The van der Waals surface area contributed by atoms with Gasteiger partial charge in [-0.15, -0.1) is 0 Å². The average Bonchev–Trinajstić information content (AvgIpc) is 2.58. The van der Waals surface area contributed by atoms with Gasteiger partial charge in [0.15, 0.2) is 5.78 Å². The normalized spacial score (nSPS) is 35.5. The Bertz CT molecular complexity index is 839. The summed E-state index contributed by atoms with van der Waals surface area (Å²) in [6, 6.07) is 2.00. The first-order chi connectivity index (χ1) is 12.0. The molecule has 5 nitrogen and oxygen atoms in total. The second-order valence-corrected chi connectivity index (χ2v) is 8.74. The number of ether oxygens (including phenoxy) is 1. The number of hydrogen-bond donors (Lipinski definition) is 1. The fourth-order valence-corrected chi connectivity index (χ4v) is 5.58. The number of esters is 1. The van der Waals surface area contributed by atoms with Gasteiger partial charge >= 0.3 is 5.97 Å². The molecule has 0 unspecified atom stereocenters. The third-order valence-electron chi connectivity index (χ3n) is 6.82. The van der Waals surface area contributed by atoms with Crippen molar-refractivity contribution in [2.75, 3.05) is 7.11 Å². The fraction of sp³-hybridized carbons (Fsp3) is 0.571. The van der Waals surface area contributed by atoms with Crippen LogP contribution in [-0.4, -0.2) is 24.0 Å².